The number of pyridine rings is 1. The van der Waals surface area contributed by atoms with E-state index in [0.717, 1.165) is 28.7 Å². The van der Waals surface area contributed by atoms with Crippen LogP contribution in [-0.2, 0) is 6.42 Å². The van der Waals surface area contributed by atoms with Gasteiger partial charge in [0.25, 0.3) is 0 Å². The van der Waals surface area contributed by atoms with Crippen molar-refractivity contribution < 1.29 is 4.39 Å². The number of aromatic nitrogens is 1. The fourth-order valence-corrected chi connectivity index (χ4v) is 2.26. The summed E-state index contributed by atoms with van der Waals surface area (Å²) in [6.07, 6.45) is 2.51. The first-order valence-electron chi connectivity index (χ1n) is 6.28. The van der Waals surface area contributed by atoms with Gasteiger partial charge in [0.1, 0.15) is 5.82 Å². The first-order valence-corrected chi connectivity index (χ1v) is 7.07. The molecule has 2 aromatic rings. The Balaban J connectivity index is 2.18. The van der Waals surface area contributed by atoms with Crippen LogP contribution in [0.1, 0.15) is 24.2 Å². The topological polar surface area (TPSA) is 24.9 Å². The van der Waals surface area contributed by atoms with Crippen molar-refractivity contribution in [2.75, 3.05) is 6.54 Å². The molecule has 2 rings (SSSR count). The molecule has 0 aliphatic heterocycles. The monoisotopic (exact) mass is 322 g/mol. The first-order chi connectivity index (χ1) is 9.19. The van der Waals surface area contributed by atoms with Gasteiger partial charge in [-0.15, -0.1) is 0 Å². The van der Waals surface area contributed by atoms with Gasteiger partial charge < -0.3 is 5.32 Å². The summed E-state index contributed by atoms with van der Waals surface area (Å²) in [4.78, 5) is 4.41. The predicted molar refractivity (Wildman–Crippen MR) is 78.5 cm³/mol. The summed E-state index contributed by atoms with van der Waals surface area (Å²) in [5, 5.41) is 3.39. The van der Waals surface area contributed by atoms with Crippen molar-refractivity contribution in [2.24, 2.45) is 0 Å². The third-order valence-electron chi connectivity index (χ3n) is 2.89. The number of benzene rings is 1. The Morgan fingerprint density at radius 1 is 1.32 bits per heavy atom. The predicted octanol–water partition coefficient (Wildman–Crippen LogP) is 3.88. The molecule has 0 bridgehead atoms. The van der Waals surface area contributed by atoms with Gasteiger partial charge in [-0.2, -0.15) is 0 Å². The molecule has 0 amide bonds. The maximum absolute atomic E-state index is 13.2. The van der Waals surface area contributed by atoms with E-state index >= 15 is 0 Å². The summed E-state index contributed by atoms with van der Waals surface area (Å²) < 4.78 is 14.2. The third-order valence-corrected chi connectivity index (χ3v) is 3.36. The minimum Gasteiger partial charge on any atom is -0.309 e. The van der Waals surface area contributed by atoms with Gasteiger partial charge in [0.2, 0.25) is 0 Å². The Kier molecular flexibility index (Phi) is 5.05. The lowest BCUT2D eigenvalue weighted by atomic mass is 10.0. The van der Waals surface area contributed by atoms with Crippen LogP contribution in [0.3, 0.4) is 0 Å². The van der Waals surface area contributed by atoms with E-state index in [1.807, 2.05) is 18.2 Å². The van der Waals surface area contributed by atoms with Crippen molar-refractivity contribution in [3.8, 4) is 0 Å². The maximum atomic E-state index is 13.2. The van der Waals surface area contributed by atoms with Crippen LogP contribution in [0.5, 0.6) is 0 Å². The summed E-state index contributed by atoms with van der Waals surface area (Å²) in [7, 11) is 0. The maximum Gasteiger partial charge on any atom is 0.123 e. The Morgan fingerprint density at radius 3 is 2.79 bits per heavy atom. The third kappa shape index (κ3) is 4.11. The van der Waals surface area contributed by atoms with Crippen LogP contribution in [0.2, 0.25) is 0 Å². The smallest absolute Gasteiger partial charge is 0.123 e. The van der Waals surface area contributed by atoms with E-state index in [1.54, 1.807) is 18.3 Å². The minimum atomic E-state index is -0.198. The van der Waals surface area contributed by atoms with Gasteiger partial charge >= 0.3 is 0 Å². The molecular formula is C15H16BrFN2. The van der Waals surface area contributed by atoms with Crippen LogP contribution in [-0.4, -0.2) is 11.5 Å². The van der Waals surface area contributed by atoms with Gasteiger partial charge in [0, 0.05) is 10.7 Å². The molecule has 2 nitrogen and oxygen atoms in total. The summed E-state index contributed by atoms with van der Waals surface area (Å²) >= 11 is 3.38. The van der Waals surface area contributed by atoms with E-state index in [1.165, 1.54) is 6.07 Å². The summed E-state index contributed by atoms with van der Waals surface area (Å²) in [5.41, 5.74) is 1.94. The molecule has 1 aromatic carbocycles. The Morgan fingerprint density at radius 2 is 2.16 bits per heavy atom. The highest BCUT2D eigenvalue weighted by Crippen LogP contribution is 2.19. The highest BCUT2D eigenvalue weighted by atomic mass is 79.9. The van der Waals surface area contributed by atoms with Crippen molar-refractivity contribution in [1.82, 2.24) is 10.3 Å². The average Bonchev–Trinajstić information content (AvgIpc) is 2.39. The molecule has 0 spiro atoms. The lowest BCUT2D eigenvalue weighted by Gasteiger charge is -2.17. The molecular weight excluding hydrogens is 307 g/mol. The molecule has 1 atom stereocenters. The molecule has 0 saturated heterocycles. The number of nitrogens with zero attached hydrogens (tertiary/aromatic N) is 1. The zero-order valence-corrected chi connectivity index (χ0v) is 12.3. The SMILES string of the molecule is CCNC(Cc1cccc(F)c1)c1ccc(Br)cn1. The van der Waals surface area contributed by atoms with E-state index in [9.17, 15) is 4.39 Å². The van der Waals surface area contributed by atoms with Gasteiger partial charge in [-0.3, -0.25) is 4.98 Å². The van der Waals surface area contributed by atoms with Crippen molar-refractivity contribution >= 4 is 15.9 Å². The van der Waals surface area contributed by atoms with E-state index in [-0.39, 0.29) is 11.9 Å². The highest BCUT2D eigenvalue weighted by Gasteiger charge is 2.12. The molecule has 0 radical (unpaired) electrons. The highest BCUT2D eigenvalue weighted by molar-refractivity contribution is 9.10. The molecule has 1 N–H and O–H groups in total. The number of hydrogen-bond acceptors (Lipinski definition) is 2. The fraction of sp³-hybridized carbons (Fsp3) is 0.267. The van der Waals surface area contributed by atoms with Gasteiger partial charge in [-0.25, -0.2) is 4.39 Å². The molecule has 1 unspecified atom stereocenters. The van der Waals surface area contributed by atoms with Gasteiger partial charge in [-0.05, 0) is 58.7 Å². The molecule has 1 aromatic heterocycles. The molecule has 19 heavy (non-hydrogen) atoms. The standard InChI is InChI=1S/C15H16BrFN2/c1-2-18-15(14-7-6-12(16)10-19-14)9-11-4-3-5-13(17)8-11/h3-8,10,15,18H,2,9H2,1H3. The zero-order chi connectivity index (χ0) is 13.7. The second kappa shape index (κ2) is 6.78. The number of rotatable bonds is 5. The first kappa shape index (κ1) is 14.2. The zero-order valence-electron chi connectivity index (χ0n) is 10.7. The Bertz CT molecular complexity index is 528. The summed E-state index contributed by atoms with van der Waals surface area (Å²) in [6.45, 7) is 2.90. The Labute approximate surface area is 121 Å². The normalized spacial score (nSPS) is 12.4. The number of likely N-dealkylation sites (N-methyl/N-ethyl adjacent to an activating group) is 1. The van der Waals surface area contributed by atoms with Gasteiger partial charge in [-0.1, -0.05) is 19.1 Å². The largest absolute Gasteiger partial charge is 0.309 e. The molecule has 4 heteroatoms. The molecule has 0 aliphatic carbocycles. The van der Waals surface area contributed by atoms with Gasteiger partial charge in [0.15, 0.2) is 0 Å². The van der Waals surface area contributed by atoms with Crippen molar-refractivity contribution in [3.05, 3.63) is 64.1 Å². The van der Waals surface area contributed by atoms with Crippen LogP contribution >= 0.6 is 15.9 Å². The van der Waals surface area contributed by atoms with Crippen LogP contribution < -0.4 is 5.32 Å². The van der Waals surface area contributed by atoms with Crippen molar-refractivity contribution in [2.45, 2.75) is 19.4 Å². The lowest BCUT2D eigenvalue weighted by Crippen LogP contribution is -2.23. The molecule has 0 aliphatic rings. The van der Waals surface area contributed by atoms with E-state index in [2.05, 4.69) is 33.2 Å². The fourth-order valence-electron chi connectivity index (χ4n) is 2.02. The minimum absolute atomic E-state index is 0.0971. The van der Waals surface area contributed by atoms with Crippen LogP contribution in [0.4, 0.5) is 4.39 Å². The van der Waals surface area contributed by atoms with Crippen molar-refractivity contribution in [3.63, 3.8) is 0 Å². The molecule has 0 fully saturated rings. The quantitative estimate of drug-likeness (QED) is 0.903. The Hall–Kier alpha value is -1.26. The molecule has 100 valence electrons. The molecule has 0 saturated carbocycles. The number of halogens is 2. The van der Waals surface area contributed by atoms with Crippen LogP contribution in [0.15, 0.2) is 47.1 Å². The lowest BCUT2D eigenvalue weighted by molar-refractivity contribution is 0.534. The number of nitrogens with one attached hydrogen (secondary N) is 1. The summed E-state index contributed by atoms with van der Waals surface area (Å²) in [5.74, 6) is -0.198. The van der Waals surface area contributed by atoms with Crippen LogP contribution in [0.25, 0.3) is 0 Å². The van der Waals surface area contributed by atoms with E-state index in [0.29, 0.717) is 0 Å². The van der Waals surface area contributed by atoms with E-state index < -0.39 is 0 Å². The van der Waals surface area contributed by atoms with Crippen molar-refractivity contribution in [1.29, 1.82) is 0 Å². The summed E-state index contributed by atoms with van der Waals surface area (Å²) in [6, 6.07) is 10.8. The second-order valence-electron chi connectivity index (χ2n) is 4.35. The van der Waals surface area contributed by atoms with Crippen LogP contribution in [0, 0.1) is 5.82 Å². The van der Waals surface area contributed by atoms with E-state index in [4.69, 9.17) is 0 Å². The molecule has 1 heterocycles. The van der Waals surface area contributed by atoms with Gasteiger partial charge in [0.05, 0.1) is 11.7 Å². The second-order valence-corrected chi connectivity index (χ2v) is 5.26. The number of hydrogen-bond donors (Lipinski definition) is 1. The average molecular weight is 323 g/mol.